The number of ether oxygens (including phenoxy) is 2. The van der Waals surface area contributed by atoms with Crippen LogP contribution in [0.1, 0.15) is 30.7 Å². The Morgan fingerprint density at radius 2 is 1.92 bits per heavy atom. The Balaban J connectivity index is 1.57. The molecule has 0 bridgehead atoms. The molecule has 1 aromatic carbocycles. The number of nitrogens with one attached hydrogen (secondary N) is 2. The molecule has 2 amide bonds. The summed E-state index contributed by atoms with van der Waals surface area (Å²) in [5.41, 5.74) is 0.956. The second-order valence-electron chi connectivity index (χ2n) is 5.84. The fourth-order valence-corrected chi connectivity index (χ4v) is 2.71. The second-order valence-corrected chi connectivity index (χ2v) is 5.84. The molecule has 3 rings (SSSR count). The number of amides is 2. The van der Waals surface area contributed by atoms with Crippen molar-refractivity contribution in [2.24, 2.45) is 0 Å². The van der Waals surface area contributed by atoms with E-state index in [0.29, 0.717) is 31.9 Å². The van der Waals surface area contributed by atoms with Crippen molar-refractivity contribution >= 4 is 6.03 Å². The van der Waals surface area contributed by atoms with Crippen molar-refractivity contribution in [3.8, 4) is 0 Å². The van der Waals surface area contributed by atoms with Crippen LogP contribution in [-0.2, 0) is 9.47 Å². The van der Waals surface area contributed by atoms with Crippen LogP contribution in [0.4, 0.5) is 4.79 Å². The van der Waals surface area contributed by atoms with Gasteiger partial charge in [-0.25, -0.2) is 4.79 Å². The molecular formula is C18H22N2O4. The molecule has 0 aliphatic carbocycles. The molecule has 2 heterocycles. The Hall–Kier alpha value is -2.31. The molecule has 0 radical (unpaired) electrons. The molecule has 0 unspecified atom stereocenters. The third-order valence-electron chi connectivity index (χ3n) is 4.00. The summed E-state index contributed by atoms with van der Waals surface area (Å²) in [4.78, 5) is 12.3. The molecule has 6 heteroatoms. The standard InChI is InChI=1S/C18H22N2O4/c1-18(23-12-13-24-18)9-10-19-17(21)20-16(15-8-5-11-22-15)14-6-3-2-4-7-14/h2-8,11,16H,9-10,12-13H2,1H3,(H2,19,20,21)/t16-/m0/s1. The van der Waals surface area contributed by atoms with Gasteiger partial charge in [-0.05, 0) is 24.6 Å². The summed E-state index contributed by atoms with van der Waals surface area (Å²) in [6.45, 7) is 3.53. The normalized spacial score (nSPS) is 17.4. The summed E-state index contributed by atoms with van der Waals surface area (Å²) in [5, 5.41) is 5.79. The van der Waals surface area contributed by atoms with Crippen molar-refractivity contribution in [1.82, 2.24) is 10.6 Å². The van der Waals surface area contributed by atoms with E-state index in [1.165, 1.54) is 0 Å². The molecule has 0 spiro atoms. The third-order valence-corrected chi connectivity index (χ3v) is 4.00. The first kappa shape index (κ1) is 16.5. The number of hydrogen-bond donors (Lipinski definition) is 2. The Labute approximate surface area is 141 Å². The van der Waals surface area contributed by atoms with Gasteiger partial charge in [-0.15, -0.1) is 0 Å². The van der Waals surface area contributed by atoms with E-state index in [0.717, 1.165) is 5.56 Å². The van der Waals surface area contributed by atoms with Gasteiger partial charge in [0.15, 0.2) is 5.79 Å². The van der Waals surface area contributed by atoms with Crippen LogP contribution in [0.5, 0.6) is 0 Å². The minimum absolute atomic E-state index is 0.262. The topological polar surface area (TPSA) is 72.7 Å². The van der Waals surface area contributed by atoms with Gasteiger partial charge in [0, 0.05) is 13.0 Å². The molecular weight excluding hydrogens is 308 g/mol. The average molecular weight is 330 g/mol. The Kier molecular flexibility index (Phi) is 5.17. The smallest absolute Gasteiger partial charge is 0.315 e. The lowest BCUT2D eigenvalue weighted by Gasteiger charge is -2.23. The Bertz CT molecular complexity index is 636. The summed E-state index contributed by atoms with van der Waals surface area (Å²) < 4.78 is 16.5. The highest BCUT2D eigenvalue weighted by Gasteiger charge is 2.30. The highest BCUT2D eigenvalue weighted by Crippen LogP contribution is 2.23. The SMILES string of the molecule is CC1(CCNC(=O)N[C@@H](c2ccccc2)c2ccco2)OCCO1. The maximum atomic E-state index is 12.3. The minimum atomic E-state index is -0.604. The predicted octanol–water partition coefficient (Wildman–Crippen LogP) is 2.82. The minimum Gasteiger partial charge on any atom is -0.467 e. The molecule has 1 aliphatic heterocycles. The monoisotopic (exact) mass is 330 g/mol. The number of benzene rings is 1. The van der Waals surface area contributed by atoms with E-state index in [1.54, 1.807) is 12.3 Å². The van der Waals surface area contributed by atoms with Gasteiger partial charge in [0.25, 0.3) is 0 Å². The van der Waals surface area contributed by atoms with E-state index in [9.17, 15) is 4.79 Å². The van der Waals surface area contributed by atoms with Crippen LogP contribution in [0.2, 0.25) is 0 Å². The molecule has 128 valence electrons. The van der Waals surface area contributed by atoms with Crippen LogP contribution in [0.25, 0.3) is 0 Å². The van der Waals surface area contributed by atoms with Gasteiger partial charge >= 0.3 is 6.03 Å². The van der Waals surface area contributed by atoms with E-state index < -0.39 is 5.79 Å². The molecule has 2 aromatic rings. The molecule has 1 aromatic heterocycles. The maximum Gasteiger partial charge on any atom is 0.315 e. The van der Waals surface area contributed by atoms with Gasteiger partial charge in [0.1, 0.15) is 11.8 Å². The van der Waals surface area contributed by atoms with E-state index in [2.05, 4.69) is 10.6 Å². The summed E-state index contributed by atoms with van der Waals surface area (Å²) in [7, 11) is 0. The van der Waals surface area contributed by atoms with Gasteiger partial charge in [-0.2, -0.15) is 0 Å². The van der Waals surface area contributed by atoms with Crippen molar-refractivity contribution in [2.45, 2.75) is 25.2 Å². The first-order valence-electron chi connectivity index (χ1n) is 8.07. The lowest BCUT2D eigenvalue weighted by molar-refractivity contribution is -0.145. The fraction of sp³-hybridized carbons (Fsp3) is 0.389. The maximum absolute atomic E-state index is 12.3. The van der Waals surface area contributed by atoms with Crippen molar-refractivity contribution in [1.29, 1.82) is 0 Å². The number of furan rings is 1. The molecule has 1 atom stereocenters. The van der Waals surface area contributed by atoms with Crippen LogP contribution in [0.3, 0.4) is 0 Å². The van der Waals surface area contributed by atoms with Crippen molar-refractivity contribution in [3.05, 3.63) is 60.1 Å². The van der Waals surface area contributed by atoms with E-state index in [-0.39, 0.29) is 12.1 Å². The second kappa shape index (κ2) is 7.51. The van der Waals surface area contributed by atoms with Crippen molar-refractivity contribution < 1.29 is 18.7 Å². The number of carbonyl (C=O) groups is 1. The van der Waals surface area contributed by atoms with E-state index in [4.69, 9.17) is 13.9 Å². The van der Waals surface area contributed by atoms with Crippen LogP contribution in [-0.4, -0.2) is 31.6 Å². The number of carbonyl (C=O) groups excluding carboxylic acids is 1. The number of hydrogen-bond acceptors (Lipinski definition) is 4. The summed E-state index contributed by atoms with van der Waals surface area (Å²) >= 11 is 0. The predicted molar refractivity (Wildman–Crippen MR) is 88.5 cm³/mol. The van der Waals surface area contributed by atoms with Gasteiger partial charge in [-0.3, -0.25) is 0 Å². The first-order valence-corrected chi connectivity index (χ1v) is 8.07. The molecule has 24 heavy (non-hydrogen) atoms. The van der Waals surface area contributed by atoms with Crippen molar-refractivity contribution in [3.63, 3.8) is 0 Å². The van der Waals surface area contributed by atoms with Gasteiger partial charge < -0.3 is 24.5 Å². The summed E-state index contributed by atoms with van der Waals surface area (Å²) in [6, 6.07) is 12.8. The lowest BCUT2D eigenvalue weighted by atomic mass is 10.1. The van der Waals surface area contributed by atoms with Gasteiger partial charge in [0.2, 0.25) is 0 Å². The molecule has 1 saturated heterocycles. The highest BCUT2D eigenvalue weighted by molar-refractivity contribution is 5.74. The van der Waals surface area contributed by atoms with E-state index in [1.807, 2.05) is 43.3 Å². The molecule has 1 aliphatic rings. The van der Waals surface area contributed by atoms with Gasteiger partial charge in [0.05, 0.1) is 19.5 Å². The molecule has 6 nitrogen and oxygen atoms in total. The summed E-state index contributed by atoms with van der Waals surface area (Å²) in [6.07, 6.45) is 2.19. The Morgan fingerprint density at radius 3 is 2.58 bits per heavy atom. The number of urea groups is 1. The first-order chi connectivity index (χ1) is 11.7. The Morgan fingerprint density at radius 1 is 1.17 bits per heavy atom. The quantitative estimate of drug-likeness (QED) is 0.854. The largest absolute Gasteiger partial charge is 0.467 e. The molecule has 0 saturated carbocycles. The van der Waals surface area contributed by atoms with Crippen LogP contribution in [0.15, 0.2) is 53.1 Å². The summed E-state index contributed by atoms with van der Waals surface area (Å²) in [5.74, 6) is 0.0819. The zero-order valence-electron chi connectivity index (χ0n) is 13.7. The van der Waals surface area contributed by atoms with Crippen LogP contribution < -0.4 is 10.6 Å². The average Bonchev–Trinajstić information content (AvgIpc) is 3.25. The third kappa shape index (κ3) is 4.15. The molecule has 1 fully saturated rings. The van der Waals surface area contributed by atoms with Crippen LogP contribution in [0, 0.1) is 0 Å². The molecule has 2 N–H and O–H groups in total. The van der Waals surface area contributed by atoms with E-state index >= 15 is 0 Å². The van der Waals surface area contributed by atoms with Crippen LogP contribution >= 0.6 is 0 Å². The zero-order valence-corrected chi connectivity index (χ0v) is 13.7. The highest BCUT2D eigenvalue weighted by atomic mass is 16.7. The zero-order chi connectivity index (χ0) is 16.8. The number of rotatable bonds is 6. The van der Waals surface area contributed by atoms with Crippen molar-refractivity contribution in [2.75, 3.05) is 19.8 Å². The van der Waals surface area contributed by atoms with Gasteiger partial charge in [-0.1, -0.05) is 30.3 Å². The lowest BCUT2D eigenvalue weighted by Crippen LogP contribution is -2.41. The fourth-order valence-electron chi connectivity index (χ4n) is 2.71.